The van der Waals surface area contributed by atoms with Crippen molar-refractivity contribution in [3.05, 3.63) is 124 Å². The van der Waals surface area contributed by atoms with E-state index in [1.807, 2.05) is 56.3 Å². The summed E-state index contributed by atoms with van der Waals surface area (Å²) in [6, 6.07) is 28.6. The topological polar surface area (TPSA) is 84.0 Å². The summed E-state index contributed by atoms with van der Waals surface area (Å²) in [6.07, 6.45) is 0.0803. The standard InChI is InChI=1S/C37H30N2O5/c1-20-8-7-13-29(21(20)2)38-19-22(18-30(38)40)37(43)44-24-16-14-23(15-17-24)39-35(41)33-31-25-9-3-4-10-26(25)32(34(33)36(39)42)28-12-6-5-11-27(28)31/h3-17,22,31-34H,18-19H2,1-2H3/t22-,31?,32?,33+,34+/m1/s1. The van der Waals surface area contributed by atoms with Crippen molar-refractivity contribution in [3.8, 4) is 5.75 Å². The highest BCUT2D eigenvalue weighted by molar-refractivity contribution is 6.23. The Labute approximate surface area is 255 Å². The van der Waals surface area contributed by atoms with Gasteiger partial charge in [-0.15, -0.1) is 0 Å². The van der Waals surface area contributed by atoms with Crippen LogP contribution >= 0.6 is 0 Å². The Hall–Kier alpha value is -5.04. The molecule has 7 heteroatoms. The van der Waals surface area contributed by atoms with Crippen molar-refractivity contribution in [2.75, 3.05) is 16.3 Å². The third-order valence-electron chi connectivity index (χ3n) is 10.1. The number of rotatable bonds is 4. The third kappa shape index (κ3) is 3.75. The molecule has 9 rings (SSSR count). The molecule has 0 radical (unpaired) electrons. The SMILES string of the molecule is Cc1cccc(N2C[C@H](C(=O)Oc3ccc(N4C(=O)[C@H]5C6c7ccccc7C(c7ccccc76)[C@@H]5C4=O)cc3)CC2=O)c1C. The van der Waals surface area contributed by atoms with E-state index in [1.165, 1.54) is 4.90 Å². The number of amides is 3. The van der Waals surface area contributed by atoms with E-state index in [9.17, 15) is 19.2 Å². The van der Waals surface area contributed by atoms with Crippen LogP contribution in [0.1, 0.15) is 51.6 Å². The zero-order valence-corrected chi connectivity index (χ0v) is 24.4. The average Bonchev–Trinajstić information content (AvgIpc) is 3.55. The van der Waals surface area contributed by atoms with Crippen LogP contribution < -0.4 is 14.5 Å². The first kappa shape index (κ1) is 26.6. The number of anilines is 2. The van der Waals surface area contributed by atoms with Gasteiger partial charge in [-0.3, -0.25) is 19.2 Å². The molecule has 2 fully saturated rings. The molecule has 2 heterocycles. The Morgan fingerprint density at radius 3 is 1.80 bits per heavy atom. The lowest BCUT2D eigenvalue weighted by Crippen LogP contribution is -2.41. The van der Waals surface area contributed by atoms with Gasteiger partial charge in [-0.05, 0) is 77.6 Å². The average molecular weight is 583 g/mol. The Morgan fingerprint density at radius 1 is 0.705 bits per heavy atom. The summed E-state index contributed by atoms with van der Waals surface area (Å²) in [5.41, 5.74) is 7.88. The molecule has 5 aliphatic rings. The normalized spacial score (nSPS) is 24.8. The molecule has 2 saturated heterocycles. The minimum absolute atomic E-state index is 0.0803. The maximum Gasteiger partial charge on any atom is 0.316 e. The summed E-state index contributed by atoms with van der Waals surface area (Å²) >= 11 is 0. The molecule has 3 atom stereocenters. The Balaban J connectivity index is 1.02. The van der Waals surface area contributed by atoms with Crippen molar-refractivity contribution in [2.24, 2.45) is 17.8 Å². The predicted octanol–water partition coefficient (Wildman–Crippen LogP) is 5.66. The second-order valence-electron chi connectivity index (χ2n) is 12.3. The van der Waals surface area contributed by atoms with Crippen molar-refractivity contribution in [1.82, 2.24) is 0 Å². The van der Waals surface area contributed by atoms with Crippen molar-refractivity contribution >= 4 is 35.1 Å². The van der Waals surface area contributed by atoms with Gasteiger partial charge in [0.05, 0.1) is 23.4 Å². The highest BCUT2D eigenvalue weighted by Gasteiger charge is 2.61. The van der Waals surface area contributed by atoms with Crippen molar-refractivity contribution < 1.29 is 23.9 Å². The first-order valence-electron chi connectivity index (χ1n) is 15.1. The molecule has 3 amide bonds. The molecule has 0 spiro atoms. The van der Waals surface area contributed by atoms with Gasteiger partial charge in [-0.25, -0.2) is 4.90 Å². The van der Waals surface area contributed by atoms with Gasteiger partial charge in [0.1, 0.15) is 5.75 Å². The molecule has 0 unspecified atom stereocenters. The zero-order valence-electron chi connectivity index (χ0n) is 24.4. The van der Waals surface area contributed by atoms with Gasteiger partial charge in [-0.2, -0.15) is 0 Å². The molecule has 4 aromatic rings. The van der Waals surface area contributed by atoms with E-state index in [0.717, 1.165) is 39.1 Å². The predicted molar refractivity (Wildman–Crippen MR) is 164 cm³/mol. The summed E-state index contributed by atoms with van der Waals surface area (Å²) in [6.45, 7) is 4.22. The lowest BCUT2D eigenvalue weighted by molar-refractivity contribution is -0.139. The smallest absolute Gasteiger partial charge is 0.316 e. The minimum Gasteiger partial charge on any atom is -0.426 e. The molecule has 3 aliphatic carbocycles. The van der Waals surface area contributed by atoms with Gasteiger partial charge in [0.2, 0.25) is 17.7 Å². The first-order valence-corrected chi connectivity index (χ1v) is 15.1. The fourth-order valence-electron chi connectivity index (χ4n) is 7.92. The van der Waals surface area contributed by atoms with Gasteiger partial charge in [0.25, 0.3) is 0 Å². The van der Waals surface area contributed by atoms with Crippen molar-refractivity contribution in [1.29, 1.82) is 0 Å². The van der Waals surface area contributed by atoms with Crippen LogP contribution in [0.25, 0.3) is 0 Å². The number of carbonyl (C=O) groups is 4. The van der Waals surface area contributed by atoms with E-state index in [2.05, 4.69) is 24.3 Å². The third-order valence-corrected chi connectivity index (χ3v) is 10.1. The van der Waals surface area contributed by atoms with E-state index in [1.54, 1.807) is 29.2 Å². The lowest BCUT2D eigenvalue weighted by atomic mass is 9.55. The Bertz CT molecular complexity index is 1780. The van der Waals surface area contributed by atoms with E-state index in [4.69, 9.17) is 4.74 Å². The fourth-order valence-corrected chi connectivity index (χ4v) is 7.92. The molecular weight excluding hydrogens is 552 g/mol. The summed E-state index contributed by atoms with van der Waals surface area (Å²) in [7, 11) is 0. The Kier molecular flexibility index (Phi) is 5.88. The molecule has 2 aliphatic heterocycles. The van der Waals surface area contributed by atoms with Gasteiger partial charge in [0.15, 0.2) is 0 Å². The van der Waals surface area contributed by atoms with E-state index in [0.29, 0.717) is 11.4 Å². The van der Waals surface area contributed by atoms with Crippen LogP contribution in [-0.2, 0) is 19.2 Å². The molecule has 218 valence electrons. The van der Waals surface area contributed by atoms with Crippen LogP contribution in [0.15, 0.2) is 91.0 Å². The molecular formula is C37H30N2O5. The highest BCUT2D eigenvalue weighted by Crippen LogP contribution is 2.61. The van der Waals surface area contributed by atoms with Gasteiger partial charge in [-0.1, -0.05) is 60.7 Å². The van der Waals surface area contributed by atoms with Crippen LogP contribution in [-0.4, -0.2) is 30.2 Å². The molecule has 7 nitrogen and oxygen atoms in total. The van der Waals surface area contributed by atoms with E-state index >= 15 is 0 Å². The van der Waals surface area contributed by atoms with Crippen molar-refractivity contribution in [3.63, 3.8) is 0 Å². The second kappa shape index (κ2) is 9.74. The first-order chi connectivity index (χ1) is 21.3. The molecule has 2 bridgehead atoms. The summed E-state index contributed by atoms with van der Waals surface area (Å²) < 4.78 is 5.67. The number of carbonyl (C=O) groups excluding carboxylic acids is 4. The fraction of sp³-hybridized carbons (Fsp3) is 0.243. The molecule has 4 aromatic carbocycles. The number of imide groups is 1. The van der Waals surface area contributed by atoms with Crippen LogP contribution in [0.2, 0.25) is 0 Å². The zero-order chi connectivity index (χ0) is 30.3. The monoisotopic (exact) mass is 582 g/mol. The quantitative estimate of drug-likeness (QED) is 0.176. The number of ether oxygens (including phenoxy) is 1. The number of aryl methyl sites for hydroxylation is 1. The largest absolute Gasteiger partial charge is 0.426 e. The summed E-state index contributed by atoms with van der Waals surface area (Å²) in [5.74, 6) is -2.54. The van der Waals surface area contributed by atoms with Crippen LogP contribution in [0.4, 0.5) is 11.4 Å². The molecule has 44 heavy (non-hydrogen) atoms. The van der Waals surface area contributed by atoms with Crippen LogP contribution in [0, 0.1) is 31.6 Å². The number of hydrogen-bond donors (Lipinski definition) is 0. The second-order valence-corrected chi connectivity index (χ2v) is 12.3. The molecule has 0 aromatic heterocycles. The van der Waals surface area contributed by atoms with Gasteiger partial charge in [0, 0.05) is 30.5 Å². The number of hydrogen-bond acceptors (Lipinski definition) is 5. The van der Waals surface area contributed by atoms with Gasteiger partial charge < -0.3 is 9.64 Å². The van der Waals surface area contributed by atoms with Crippen molar-refractivity contribution in [2.45, 2.75) is 32.1 Å². The number of nitrogens with zero attached hydrogens (tertiary/aromatic N) is 2. The maximum absolute atomic E-state index is 14.0. The van der Waals surface area contributed by atoms with Gasteiger partial charge >= 0.3 is 5.97 Å². The molecule has 0 saturated carbocycles. The number of benzene rings is 4. The lowest BCUT2D eigenvalue weighted by Gasteiger charge is -2.45. The Morgan fingerprint density at radius 2 is 1.25 bits per heavy atom. The summed E-state index contributed by atoms with van der Waals surface area (Å²) in [4.78, 5) is 56.9. The number of esters is 1. The minimum atomic E-state index is -0.592. The molecule has 0 N–H and O–H groups in total. The maximum atomic E-state index is 14.0. The summed E-state index contributed by atoms with van der Waals surface area (Å²) in [5, 5.41) is 0. The van der Waals surface area contributed by atoms with Crippen LogP contribution in [0.3, 0.4) is 0 Å². The van der Waals surface area contributed by atoms with E-state index in [-0.39, 0.29) is 42.5 Å². The van der Waals surface area contributed by atoms with E-state index < -0.39 is 23.7 Å². The van der Waals surface area contributed by atoms with Crippen LogP contribution in [0.5, 0.6) is 5.75 Å². The highest BCUT2D eigenvalue weighted by atomic mass is 16.5.